The first-order valence-electron chi connectivity index (χ1n) is 6.10. The summed E-state index contributed by atoms with van der Waals surface area (Å²) in [6, 6.07) is 3.28. The second-order valence-electron chi connectivity index (χ2n) is 4.41. The third-order valence-electron chi connectivity index (χ3n) is 2.92. The smallest absolute Gasteiger partial charge is 0.295 e. The number of halogens is 3. The minimum absolute atomic E-state index is 0.191. The van der Waals surface area contributed by atoms with Crippen LogP contribution in [0.25, 0.3) is 5.78 Å². The summed E-state index contributed by atoms with van der Waals surface area (Å²) in [5.41, 5.74) is 0.183. The van der Waals surface area contributed by atoms with Gasteiger partial charge >= 0.3 is 0 Å². The first kappa shape index (κ1) is 14.0. The van der Waals surface area contributed by atoms with Crippen molar-refractivity contribution in [2.45, 2.75) is 6.92 Å². The van der Waals surface area contributed by atoms with Crippen molar-refractivity contribution in [2.75, 3.05) is 5.32 Å². The lowest BCUT2D eigenvalue weighted by Crippen LogP contribution is -2.15. The zero-order valence-corrected chi connectivity index (χ0v) is 11.1. The molecule has 0 fully saturated rings. The van der Waals surface area contributed by atoms with Crippen LogP contribution < -0.4 is 5.32 Å². The van der Waals surface area contributed by atoms with Gasteiger partial charge in [-0.3, -0.25) is 4.79 Å². The topological polar surface area (TPSA) is 72.2 Å². The predicted molar refractivity (Wildman–Crippen MR) is 69.8 cm³/mol. The largest absolute Gasteiger partial charge is 0.317 e. The maximum atomic E-state index is 13.5. The van der Waals surface area contributed by atoms with Crippen LogP contribution in [0.4, 0.5) is 18.9 Å². The van der Waals surface area contributed by atoms with E-state index in [-0.39, 0.29) is 11.6 Å². The Kier molecular flexibility index (Phi) is 3.24. The lowest BCUT2D eigenvalue weighted by Gasteiger charge is -2.04. The lowest BCUT2D eigenvalue weighted by molar-refractivity contribution is 0.101. The highest BCUT2D eigenvalue weighted by molar-refractivity contribution is 6.01. The summed E-state index contributed by atoms with van der Waals surface area (Å²) >= 11 is 0. The fourth-order valence-electron chi connectivity index (χ4n) is 1.80. The van der Waals surface area contributed by atoms with E-state index in [9.17, 15) is 18.0 Å². The highest BCUT2D eigenvalue weighted by Crippen LogP contribution is 2.20. The molecule has 0 aliphatic heterocycles. The van der Waals surface area contributed by atoms with E-state index in [0.717, 1.165) is 6.07 Å². The number of carbonyl (C=O) groups is 1. The summed E-state index contributed by atoms with van der Waals surface area (Å²) < 4.78 is 40.8. The fraction of sp³-hybridized carbons (Fsp3) is 0.0769. The lowest BCUT2D eigenvalue weighted by atomic mass is 10.2. The summed E-state index contributed by atoms with van der Waals surface area (Å²) in [5.74, 6) is -5.46. The van der Waals surface area contributed by atoms with Crippen LogP contribution in [0.1, 0.15) is 16.3 Å². The van der Waals surface area contributed by atoms with Gasteiger partial charge in [0, 0.05) is 11.9 Å². The molecule has 0 unspecified atom stereocenters. The van der Waals surface area contributed by atoms with Crippen molar-refractivity contribution >= 4 is 17.4 Å². The third-order valence-corrected chi connectivity index (χ3v) is 2.92. The van der Waals surface area contributed by atoms with Crippen LogP contribution in [0.2, 0.25) is 0 Å². The number of aromatic nitrogens is 4. The molecule has 0 aliphatic carbocycles. The Morgan fingerprint density at radius 3 is 2.68 bits per heavy atom. The number of hydrogen-bond acceptors (Lipinski definition) is 4. The van der Waals surface area contributed by atoms with Crippen LogP contribution in [0.5, 0.6) is 0 Å². The summed E-state index contributed by atoms with van der Waals surface area (Å²) in [6.07, 6.45) is 1.50. The SMILES string of the molecule is Cc1ccnc2nc(C(=O)Nc3ccc(F)c(F)c3F)nn12. The maximum absolute atomic E-state index is 13.5. The van der Waals surface area contributed by atoms with Gasteiger partial charge in [0.2, 0.25) is 5.82 Å². The van der Waals surface area contributed by atoms with Crippen LogP contribution in [0.15, 0.2) is 24.4 Å². The van der Waals surface area contributed by atoms with Gasteiger partial charge in [-0.2, -0.15) is 4.98 Å². The molecule has 0 saturated heterocycles. The number of nitrogens with one attached hydrogen (secondary N) is 1. The monoisotopic (exact) mass is 307 g/mol. The molecule has 3 rings (SSSR count). The predicted octanol–water partition coefficient (Wildman–Crippen LogP) is 2.10. The van der Waals surface area contributed by atoms with Crippen molar-refractivity contribution in [3.8, 4) is 0 Å². The molecule has 0 saturated carbocycles. The fourth-order valence-corrected chi connectivity index (χ4v) is 1.80. The highest BCUT2D eigenvalue weighted by atomic mass is 19.2. The van der Waals surface area contributed by atoms with Crippen LogP contribution in [-0.2, 0) is 0 Å². The zero-order chi connectivity index (χ0) is 15.9. The molecule has 22 heavy (non-hydrogen) atoms. The number of hydrogen-bond donors (Lipinski definition) is 1. The Labute approximate surface area is 121 Å². The van der Waals surface area contributed by atoms with E-state index in [0.29, 0.717) is 11.8 Å². The molecule has 1 amide bonds. The van der Waals surface area contributed by atoms with E-state index in [2.05, 4.69) is 20.4 Å². The summed E-state index contributed by atoms with van der Waals surface area (Å²) in [5, 5.41) is 6.01. The Bertz CT molecular complexity index is 893. The van der Waals surface area contributed by atoms with Gasteiger partial charge in [0.05, 0.1) is 5.69 Å². The quantitative estimate of drug-likeness (QED) is 0.736. The molecule has 6 nitrogen and oxygen atoms in total. The number of nitrogens with zero attached hydrogens (tertiary/aromatic N) is 4. The molecule has 0 radical (unpaired) electrons. The van der Waals surface area contributed by atoms with Crippen LogP contribution in [-0.4, -0.2) is 25.5 Å². The van der Waals surface area contributed by atoms with Crippen LogP contribution in [0, 0.1) is 24.4 Å². The molecule has 0 aliphatic rings. The van der Waals surface area contributed by atoms with Crippen LogP contribution >= 0.6 is 0 Å². The molecule has 9 heteroatoms. The number of fused-ring (bicyclic) bond motifs is 1. The number of aryl methyl sites for hydroxylation is 1. The van der Waals surface area contributed by atoms with Gasteiger partial charge in [-0.15, -0.1) is 5.10 Å². The summed E-state index contributed by atoms with van der Waals surface area (Å²) in [6.45, 7) is 1.74. The van der Waals surface area contributed by atoms with Crippen molar-refractivity contribution in [2.24, 2.45) is 0 Å². The first-order valence-corrected chi connectivity index (χ1v) is 6.10. The molecule has 1 aromatic carbocycles. The second kappa shape index (κ2) is 5.10. The normalized spacial score (nSPS) is 10.9. The molecule has 2 heterocycles. The van der Waals surface area contributed by atoms with Gasteiger partial charge in [-0.1, -0.05) is 0 Å². The van der Waals surface area contributed by atoms with Crippen molar-refractivity contribution < 1.29 is 18.0 Å². The molecule has 0 spiro atoms. The minimum atomic E-state index is -1.67. The van der Waals surface area contributed by atoms with E-state index in [1.54, 1.807) is 13.0 Å². The molecule has 0 bridgehead atoms. The number of rotatable bonds is 2. The number of carbonyl (C=O) groups excluding carboxylic acids is 1. The standard InChI is InChI=1S/C13H8F3N5O/c1-6-4-5-17-13-19-11(20-21(6)13)12(22)18-8-3-2-7(14)9(15)10(8)16/h2-5H,1H3,(H,18,22). The summed E-state index contributed by atoms with van der Waals surface area (Å²) in [7, 11) is 0. The first-order chi connectivity index (χ1) is 10.5. The summed E-state index contributed by atoms with van der Waals surface area (Å²) in [4.78, 5) is 19.8. The number of anilines is 1. The molecule has 0 atom stereocenters. The molecule has 112 valence electrons. The Balaban J connectivity index is 1.94. The van der Waals surface area contributed by atoms with Crippen molar-refractivity contribution in [3.05, 3.63) is 53.4 Å². The van der Waals surface area contributed by atoms with E-state index < -0.39 is 29.0 Å². The average molecular weight is 307 g/mol. The molecule has 1 N–H and O–H groups in total. The van der Waals surface area contributed by atoms with Crippen molar-refractivity contribution in [1.82, 2.24) is 19.6 Å². The van der Waals surface area contributed by atoms with Gasteiger partial charge in [0.15, 0.2) is 17.5 Å². The van der Waals surface area contributed by atoms with Gasteiger partial charge in [-0.25, -0.2) is 22.7 Å². The third kappa shape index (κ3) is 2.26. The Hall–Kier alpha value is -2.97. The van der Waals surface area contributed by atoms with E-state index >= 15 is 0 Å². The minimum Gasteiger partial charge on any atom is -0.317 e. The van der Waals surface area contributed by atoms with Gasteiger partial charge in [0.25, 0.3) is 11.7 Å². The van der Waals surface area contributed by atoms with E-state index in [1.165, 1.54) is 10.7 Å². The van der Waals surface area contributed by atoms with E-state index in [4.69, 9.17) is 0 Å². The van der Waals surface area contributed by atoms with E-state index in [1.807, 2.05) is 0 Å². The van der Waals surface area contributed by atoms with Gasteiger partial charge in [0.1, 0.15) is 0 Å². The number of amides is 1. The average Bonchev–Trinajstić information content (AvgIpc) is 2.93. The number of benzene rings is 1. The highest BCUT2D eigenvalue weighted by Gasteiger charge is 2.19. The van der Waals surface area contributed by atoms with Crippen LogP contribution in [0.3, 0.4) is 0 Å². The molecule has 3 aromatic rings. The maximum Gasteiger partial charge on any atom is 0.295 e. The molecule has 2 aromatic heterocycles. The molecular weight excluding hydrogens is 299 g/mol. The zero-order valence-electron chi connectivity index (χ0n) is 11.1. The Morgan fingerprint density at radius 1 is 1.18 bits per heavy atom. The molecular formula is C13H8F3N5O. The second-order valence-corrected chi connectivity index (χ2v) is 4.41. The van der Waals surface area contributed by atoms with Gasteiger partial charge in [-0.05, 0) is 25.1 Å². The van der Waals surface area contributed by atoms with Crippen molar-refractivity contribution in [1.29, 1.82) is 0 Å². The van der Waals surface area contributed by atoms with Gasteiger partial charge < -0.3 is 5.32 Å². The van der Waals surface area contributed by atoms with Crippen molar-refractivity contribution in [3.63, 3.8) is 0 Å². The Morgan fingerprint density at radius 2 is 1.95 bits per heavy atom.